The Balaban J connectivity index is 2.16. The minimum atomic E-state index is 0.321. The van der Waals surface area contributed by atoms with Crippen molar-refractivity contribution in [3.8, 4) is 0 Å². The van der Waals surface area contributed by atoms with Gasteiger partial charge in [0.15, 0.2) is 0 Å². The van der Waals surface area contributed by atoms with Gasteiger partial charge in [0.05, 0.1) is 6.04 Å². The van der Waals surface area contributed by atoms with Gasteiger partial charge < -0.3 is 4.98 Å². The van der Waals surface area contributed by atoms with Crippen molar-refractivity contribution in [2.75, 3.05) is 0 Å². The summed E-state index contributed by atoms with van der Waals surface area (Å²) < 4.78 is 0. The van der Waals surface area contributed by atoms with Crippen LogP contribution in [0.15, 0.2) is 17.3 Å². The van der Waals surface area contributed by atoms with E-state index in [9.17, 15) is 0 Å². The van der Waals surface area contributed by atoms with Crippen LogP contribution in [0.3, 0.4) is 0 Å². The van der Waals surface area contributed by atoms with Crippen LogP contribution in [-0.2, 0) is 6.42 Å². The first kappa shape index (κ1) is 10.5. The first-order valence-corrected chi connectivity index (χ1v) is 5.65. The van der Waals surface area contributed by atoms with E-state index in [1.165, 1.54) is 17.0 Å². The van der Waals surface area contributed by atoms with Crippen LogP contribution in [0.25, 0.3) is 0 Å². The molecule has 0 fully saturated rings. The van der Waals surface area contributed by atoms with E-state index in [1.54, 1.807) is 0 Å². The summed E-state index contributed by atoms with van der Waals surface area (Å²) in [7, 11) is 0. The highest BCUT2D eigenvalue weighted by atomic mass is 14.9. The molecule has 15 heavy (non-hydrogen) atoms. The highest BCUT2D eigenvalue weighted by molar-refractivity contribution is 5.84. The summed E-state index contributed by atoms with van der Waals surface area (Å²) in [5.74, 6) is 0. The van der Waals surface area contributed by atoms with Crippen molar-refractivity contribution in [2.24, 2.45) is 10.4 Å². The fraction of sp³-hybridized carbons (Fsp3) is 0.615. The summed E-state index contributed by atoms with van der Waals surface area (Å²) in [6.07, 6.45) is 4.20. The lowest BCUT2D eigenvalue weighted by atomic mass is 9.81. The number of aromatic amines is 1. The third kappa shape index (κ3) is 1.99. The van der Waals surface area contributed by atoms with Crippen LogP contribution < -0.4 is 0 Å². The minimum absolute atomic E-state index is 0.321. The maximum atomic E-state index is 4.75. The standard InChI is InChI=1S/C13H20N2/c1-9-5-6-14-11(9)7-12-13(3,4)8-10(2)15-12/h5-6,12,14H,7-8H2,1-4H3. The molecule has 0 amide bonds. The van der Waals surface area contributed by atoms with Crippen LogP contribution >= 0.6 is 0 Å². The van der Waals surface area contributed by atoms with E-state index < -0.39 is 0 Å². The number of hydrogen-bond donors (Lipinski definition) is 1. The van der Waals surface area contributed by atoms with Crippen LogP contribution in [0.4, 0.5) is 0 Å². The van der Waals surface area contributed by atoms with E-state index >= 15 is 0 Å². The van der Waals surface area contributed by atoms with Crippen LogP contribution in [0.1, 0.15) is 38.4 Å². The van der Waals surface area contributed by atoms with Gasteiger partial charge in [-0.3, -0.25) is 4.99 Å². The Morgan fingerprint density at radius 1 is 1.47 bits per heavy atom. The molecule has 2 rings (SSSR count). The summed E-state index contributed by atoms with van der Waals surface area (Å²) in [6, 6.07) is 2.57. The van der Waals surface area contributed by atoms with Gasteiger partial charge in [-0.15, -0.1) is 0 Å². The van der Waals surface area contributed by atoms with Crippen molar-refractivity contribution >= 4 is 5.71 Å². The molecule has 1 unspecified atom stereocenters. The molecule has 0 radical (unpaired) electrons. The molecule has 1 N–H and O–H groups in total. The number of nitrogens with one attached hydrogen (secondary N) is 1. The van der Waals surface area contributed by atoms with Crippen molar-refractivity contribution in [3.63, 3.8) is 0 Å². The maximum Gasteiger partial charge on any atom is 0.0607 e. The van der Waals surface area contributed by atoms with E-state index in [0.29, 0.717) is 11.5 Å². The first-order valence-electron chi connectivity index (χ1n) is 5.65. The fourth-order valence-electron chi connectivity index (χ4n) is 2.48. The molecule has 1 aliphatic heterocycles. The van der Waals surface area contributed by atoms with Crippen molar-refractivity contribution in [1.29, 1.82) is 0 Å². The number of hydrogen-bond acceptors (Lipinski definition) is 1. The normalized spacial score (nSPS) is 24.3. The third-order valence-corrected chi connectivity index (χ3v) is 3.45. The van der Waals surface area contributed by atoms with Gasteiger partial charge in [0, 0.05) is 24.0 Å². The minimum Gasteiger partial charge on any atom is -0.365 e. The molecule has 1 aromatic heterocycles. The molecule has 2 heteroatoms. The molecule has 2 nitrogen and oxygen atoms in total. The Morgan fingerprint density at radius 2 is 2.20 bits per heavy atom. The second-order valence-corrected chi connectivity index (χ2v) is 5.39. The van der Waals surface area contributed by atoms with Gasteiger partial charge in [-0.2, -0.15) is 0 Å². The van der Waals surface area contributed by atoms with Gasteiger partial charge in [-0.1, -0.05) is 13.8 Å². The molecule has 0 spiro atoms. The van der Waals surface area contributed by atoms with Crippen LogP contribution in [-0.4, -0.2) is 16.7 Å². The lowest BCUT2D eigenvalue weighted by Gasteiger charge is -2.25. The van der Waals surface area contributed by atoms with Gasteiger partial charge in [0.1, 0.15) is 0 Å². The fourth-order valence-corrected chi connectivity index (χ4v) is 2.48. The number of aromatic nitrogens is 1. The van der Waals surface area contributed by atoms with E-state index in [1.807, 2.05) is 6.20 Å². The summed E-state index contributed by atoms with van der Waals surface area (Å²) >= 11 is 0. The summed E-state index contributed by atoms with van der Waals surface area (Å²) in [5, 5.41) is 0. The smallest absolute Gasteiger partial charge is 0.0607 e. The van der Waals surface area contributed by atoms with Crippen molar-refractivity contribution in [1.82, 2.24) is 4.98 Å². The Labute approximate surface area is 91.8 Å². The molecule has 0 saturated heterocycles. The SMILES string of the molecule is CC1=NC(Cc2[nH]ccc2C)C(C)(C)C1. The molecule has 0 bridgehead atoms. The van der Waals surface area contributed by atoms with E-state index in [2.05, 4.69) is 38.7 Å². The predicted molar refractivity (Wildman–Crippen MR) is 64.5 cm³/mol. The zero-order chi connectivity index (χ0) is 11.1. The second-order valence-electron chi connectivity index (χ2n) is 5.39. The van der Waals surface area contributed by atoms with Crippen molar-refractivity contribution in [2.45, 2.75) is 46.6 Å². The Hall–Kier alpha value is -1.05. The average Bonchev–Trinajstić information content (AvgIpc) is 2.59. The molecule has 0 aliphatic carbocycles. The molecule has 1 atom stereocenters. The highest BCUT2D eigenvalue weighted by Gasteiger charge is 2.35. The number of nitrogens with zero attached hydrogens (tertiary/aromatic N) is 1. The third-order valence-electron chi connectivity index (χ3n) is 3.45. The van der Waals surface area contributed by atoms with Gasteiger partial charge in [-0.05, 0) is 37.3 Å². The zero-order valence-electron chi connectivity index (χ0n) is 10.1. The van der Waals surface area contributed by atoms with Crippen LogP contribution in [0.5, 0.6) is 0 Å². The molecule has 1 aromatic rings. The predicted octanol–water partition coefficient (Wildman–Crippen LogP) is 3.13. The maximum absolute atomic E-state index is 4.75. The quantitative estimate of drug-likeness (QED) is 0.766. The van der Waals surface area contributed by atoms with E-state index in [0.717, 1.165) is 12.8 Å². The van der Waals surface area contributed by atoms with Gasteiger partial charge in [-0.25, -0.2) is 0 Å². The highest BCUT2D eigenvalue weighted by Crippen LogP contribution is 2.36. The summed E-state index contributed by atoms with van der Waals surface area (Å²) in [4.78, 5) is 8.07. The molecule has 1 aliphatic rings. The van der Waals surface area contributed by atoms with E-state index in [-0.39, 0.29) is 0 Å². The molecule has 2 heterocycles. The summed E-state index contributed by atoms with van der Waals surface area (Å²) in [5.41, 5.74) is 4.31. The summed E-state index contributed by atoms with van der Waals surface area (Å²) in [6.45, 7) is 8.93. The number of aryl methyl sites for hydroxylation is 1. The molecule has 0 aromatic carbocycles. The van der Waals surface area contributed by atoms with Crippen LogP contribution in [0, 0.1) is 12.3 Å². The lowest BCUT2D eigenvalue weighted by Crippen LogP contribution is -2.26. The monoisotopic (exact) mass is 204 g/mol. The number of aliphatic imine (C=N–C) groups is 1. The molecular weight excluding hydrogens is 184 g/mol. The van der Waals surface area contributed by atoms with Crippen LogP contribution in [0.2, 0.25) is 0 Å². The first-order chi connectivity index (χ1) is 6.99. The van der Waals surface area contributed by atoms with Gasteiger partial charge in [0.2, 0.25) is 0 Å². The van der Waals surface area contributed by atoms with Gasteiger partial charge in [0.25, 0.3) is 0 Å². The molecule has 82 valence electrons. The Kier molecular flexibility index (Phi) is 2.45. The number of H-pyrrole nitrogens is 1. The number of rotatable bonds is 2. The zero-order valence-corrected chi connectivity index (χ0v) is 10.1. The second kappa shape index (κ2) is 3.51. The largest absolute Gasteiger partial charge is 0.365 e. The van der Waals surface area contributed by atoms with E-state index in [4.69, 9.17) is 4.99 Å². The topological polar surface area (TPSA) is 28.1 Å². The van der Waals surface area contributed by atoms with Crippen molar-refractivity contribution < 1.29 is 0 Å². The average molecular weight is 204 g/mol. The Morgan fingerprint density at radius 3 is 2.67 bits per heavy atom. The molecular formula is C13H20N2. The molecule has 0 saturated carbocycles. The Bertz CT molecular complexity index is 385. The van der Waals surface area contributed by atoms with Crippen molar-refractivity contribution in [3.05, 3.63) is 23.5 Å². The lowest BCUT2D eigenvalue weighted by molar-refractivity contribution is 0.320. The van der Waals surface area contributed by atoms with Gasteiger partial charge >= 0.3 is 0 Å².